The summed E-state index contributed by atoms with van der Waals surface area (Å²) in [6.45, 7) is 4.30. The molecule has 2 saturated heterocycles. The van der Waals surface area contributed by atoms with Crippen molar-refractivity contribution >= 4 is 12.2 Å². The van der Waals surface area contributed by atoms with Crippen molar-refractivity contribution in [3.05, 3.63) is 107 Å². The van der Waals surface area contributed by atoms with Gasteiger partial charge in [0.15, 0.2) is 0 Å². The highest BCUT2D eigenvalue weighted by molar-refractivity contribution is 5.74. The molecule has 5 rings (SSSR count). The molecule has 0 aromatic heterocycles. The predicted octanol–water partition coefficient (Wildman–Crippen LogP) is 8.39. The molecule has 0 aliphatic carbocycles. The Hall–Kier alpha value is -4.26. The second-order valence-electron chi connectivity index (χ2n) is 12.4. The Morgan fingerprint density at radius 1 is 0.915 bits per heavy atom. The third kappa shape index (κ3) is 6.90. The van der Waals surface area contributed by atoms with Gasteiger partial charge in [0.05, 0.1) is 35.9 Å². The maximum absolute atomic E-state index is 14.1. The summed E-state index contributed by atoms with van der Waals surface area (Å²) in [6.07, 6.45) is -12.3. The number of ether oxygens (including phenoxy) is 3. The molecule has 7 nitrogen and oxygen atoms in total. The number of alkyl carbamates (subject to hydrolysis) is 1. The van der Waals surface area contributed by atoms with E-state index in [9.17, 15) is 35.9 Å². The number of piperidine rings is 1. The van der Waals surface area contributed by atoms with Crippen molar-refractivity contribution in [1.29, 1.82) is 0 Å². The Morgan fingerprint density at radius 2 is 1.49 bits per heavy atom. The molecule has 2 aliphatic heterocycles. The number of carbonyl (C=O) groups excluding carboxylic acids is 2. The van der Waals surface area contributed by atoms with Crippen molar-refractivity contribution in [2.45, 2.75) is 75.4 Å². The number of cyclic esters (lactones) is 1. The van der Waals surface area contributed by atoms with Crippen molar-refractivity contribution in [3.63, 3.8) is 0 Å². The quantitative estimate of drug-likeness (QED) is 0.257. The van der Waals surface area contributed by atoms with Gasteiger partial charge in [-0.1, -0.05) is 60.7 Å². The second kappa shape index (κ2) is 12.4. The Labute approximate surface area is 267 Å². The van der Waals surface area contributed by atoms with Crippen LogP contribution in [0, 0.1) is 0 Å². The van der Waals surface area contributed by atoms with Crippen LogP contribution in [0.5, 0.6) is 0 Å². The Balaban J connectivity index is 1.53. The number of hydrogen-bond donors (Lipinski definition) is 1. The first-order valence-corrected chi connectivity index (χ1v) is 14.9. The van der Waals surface area contributed by atoms with E-state index in [0.29, 0.717) is 29.7 Å². The first-order chi connectivity index (χ1) is 22.0. The maximum atomic E-state index is 14.1. The zero-order valence-corrected chi connectivity index (χ0v) is 25.9. The molecule has 2 aliphatic rings. The lowest BCUT2D eigenvalue weighted by Gasteiger charge is -2.54. The van der Waals surface area contributed by atoms with E-state index in [2.05, 4.69) is 5.32 Å². The normalized spacial score (nSPS) is 23.3. The zero-order valence-electron chi connectivity index (χ0n) is 25.9. The number of carbonyl (C=O) groups is 2. The summed E-state index contributed by atoms with van der Waals surface area (Å²) in [5.41, 5.74) is -5.33. The SMILES string of the molecule is C[C@@H](OC[C@@]1(c2ccccc2)CCC2(CN1C(=O)OCc1ccccc1)NC(=O)OC2(C)C)c1cc(C(F)(F)F)cc(C(F)(F)F)c1. The summed E-state index contributed by atoms with van der Waals surface area (Å²) in [7, 11) is 0. The molecule has 3 aromatic carbocycles. The Kier molecular flexibility index (Phi) is 8.99. The van der Waals surface area contributed by atoms with Crippen LogP contribution in [0.3, 0.4) is 0 Å². The molecule has 3 atom stereocenters. The number of halogens is 6. The maximum Gasteiger partial charge on any atom is 0.416 e. The van der Waals surface area contributed by atoms with Crippen molar-refractivity contribution in [2.75, 3.05) is 13.2 Å². The smallest absolute Gasteiger partial charge is 0.416 e. The molecule has 0 radical (unpaired) electrons. The number of alkyl halides is 6. The van der Waals surface area contributed by atoms with Gasteiger partial charge in [-0.25, -0.2) is 9.59 Å². The van der Waals surface area contributed by atoms with Crippen LogP contribution >= 0.6 is 0 Å². The number of nitrogens with zero attached hydrogens (tertiary/aromatic N) is 1. The number of benzene rings is 3. The minimum atomic E-state index is -5.03. The number of amides is 2. The lowest BCUT2D eigenvalue weighted by atomic mass is 9.69. The summed E-state index contributed by atoms with van der Waals surface area (Å²) in [6, 6.07) is 19.0. The number of likely N-dealkylation sites (tertiary alicyclic amines) is 1. The van der Waals surface area contributed by atoms with E-state index in [0.717, 1.165) is 0 Å². The van der Waals surface area contributed by atoms with E-state index in [1.165, 1.54) is 11.8 Å². The van der Waals surface area contributed by atoms with Gasteiger partial charge in [-0.3, -0.25) is 4.90 Å². The third-order valence-electron chi connectivity index (χ3n) is 9.14. The minimum absolute atomic E-state index is 0.0620. The van der Waals surface area contributed by atoms with E-state index in [1.54, 1.807) is 68.4 Å². The Bertz CT molecular complexity index is 1570. The molecule has 0 saturated carbocycles. The highest BCUT2D eigenvalue weighted by Gasteiger charge is 2.62. The first kappa shape index (κ1) is 34.1. The average molecular weight is 665 g/mol. The van der Waals surface area contributed by atoms with E-state index in [1.807, 2.05) is 6.07 Å². The van der Waals surface area contributed by atoms with Gasteiger partial charge in [-0.2, -0.15) is 26.3 Å². The van der Waals surface area contributed by atoms with Gasteiger partial charge in [0, 0.05) is 0 Å². The molecular formula is C34H34F6N2O5. The highest BCUT2D eigenvalue weighted by Crippen LogP contribution is 2.48. The highest BCUT2D eigenvalue weighted by atomic mass is 19.4. The topological polar surface area (TPSA) is 77.1 Å². The lowest BCUT2D eigenvalue weighted by molar-refractivity contribution is -0.143. The Morgan fingerprint density at radius 3 is 2.02 bits per heavy atom. The first-order valence-electron chi connectivity index (χ1n) is 14.9. The molecule has 2 amide bonds. The van der Waals surface area contributed by atoms with Gasteiger partial charge in [-0.05, 0) is 68.5 Å². The van der Waals surface area contributed by atoms with Crippen LogP contribution in [-0.2, 0) is 38.7 Å². The molecule has 13 heteroatoms. The fraction of sp³-hybridized carbons (Fsp3) is 0.412. The van der Waals surface area contributed by atoms with E-state index in [-0.39, 0.29) is 37.8 Å². The largest absolute Gasteiger partial charge is 0.445 e. The van der Waals surface area contributed by atoms with Gasteiger partial charge in [0.1, 0.15) is 17.7 Å². The molecule has 1 N–H and O–H groups in total. The van der Waals surface area contributed by atoms with Crippen LogP contribution in [0.25, 0.3) is 0 Å². The molecule has 47 heavy (non-hydrogen) atoms. The molecule has 1 unspecified atom stereocenters. The summed E-state index contributed by atoms with van der Waals surface area (Å²) < 4.78 is 99.2. The monoisotopic (exact) mass is 664 g/mol. The van der Waals surface area contributed by atoms with Gasteiger partial charge >= 0.3 is 24.5 Å². The molecular weight excluding hydrogens is 630 g/mol. The summed E-state index contributed by atoms with van der Waals surface area (Å²) in [5.74, 6) is 0. The van der Waals surface area contributed by atoms with Gasteiger partial charge in [0.2, 0.25) is 0 Å². The van der Waals surface area contributed by atoms with Crippen molar-refractivity contribution in [3.8, 4) is 0 Å². The van der Waals surface area contributed by atoms with Crippen LogP contribution < -0.4 is 5.32 Å². The molecule has 0 bridgehead atoms. The van der Waals surface area contributed by atoms with Crippen LogP contribution in [0.1, 0.15) is 67.5 Å². The van der Waals surface area contributed by atoms with Crippen molar-refractivity contribution in [1.82, 2.24) is 10.2 Å². The van der Waals surface area contributed by atoms with Crippen LogP contribution in [-0.4, -0.2) is 41.4 Å². The second-order valence-corrected chi connectivity index (χ2v) is 12.4. The zero-order chi connectivity index (χ0) is 34.3. The summed E-state index contributed by atoms with van der Waals surface area (Å²) >= 11 is 0. The van der Waals surface area contributed by atoms with Crippen molar-refractivity contribution < 1.29 is 50.1 Å². The van der Waals surface area contributed by atoms with Gasteiger partial charge < -0.3 is 19.5 Å². The standard InChI is InChI=1S/C34H34F6N2O5/c1-22(24-16-26(33(35,36)37)18-27(17-24)34(38,39)40)46-21-31(25-12-8-5-9-13-25)14-15-32(30(2,3)47-28(43)41-32)20-42(31)29(44)45-19-23-10-6-4-7-11-23/h4-13,16-18,22H,14-15,19-21H2,1-3H3,(H,41,43)/t22-,31-,32?/m1/s1. The third-order valence-corrected chi connectivity index (χ3v) is 9.14. The van der Waals surface area contributed by atoms with Gasteiger partial charge in [-0.15, -0.1) is 0 Å². The molecule has 3 aromatic rings. The van der Waals surface area contributed by atoms with Crippen LogP contribution in [0.2, 0.25) is 0 Å². The van der Waals surface area contributed by atoms with E-state index >= 15 is 0 Å². The lowest BCUT2D eigenvalue weighted by Crippen LogP contribution is -2.69. The van der Waals surface area contributed by atoms with E-state index < -0.39 is 58.4 Å². The fourth-order valence-electron chi connectivity index (χ4n) is 6.24. The number of hydrogen-bond acceptors (Lipinski definition) is 5. The minimum Gasteiger partial charge on any atom is -0.445 e. The van der Waals surface area contributed by atoms with Crippen LogP contribution in [0.4, 0.5) is 35.9 Å². The van der Waals surface area contributed by atoms with Gasteiger partial charge in [0.25, 0.3) is 0 Å². The molecule has 252 valence electrons. The number of rotatable bonds is 7. The molecule has 2 heterocycles. The molecule has 1 spiro atoms. The van der Waals surface area contributed by atoms with Crippen LogP contribution in [0.15, 0.2) is 78.9 Å². The number of nitrogens with one attached hydrogen (secondary N) is 1. The molecule has 2 fully saturated rings. The average Bonchev–Trinajstić information content (AvgIpc) is 3.25. The van der Waals surface area contributed by atoms with Crippen molar-refractivity contribution in [2.24, 2.45) is 0 Å². The fourth-order valence-corrected chi connectivity index (χ4v) is 6.24. The van der Waals surface area contributed by atoms with E-state index in [4.69, 9.17) is 14.2 Å². The predicted molar refractivity (Wildman–Crippen MR) is 158 cm³/mol. The summed E-state index contributed by atoms with van der Waals surface area (Å²) in [4.78, 5) is 28.0. The summed E-state index contributed by atoms with van der Waals surface area (Å²) in [5, 5.41) is 2.87.